The highest BCUT2D eigenvalue weighted by atomic mass is 32.2. The maximum Gasteiger partial charge on any atom is 0.242 e. The van der Waals surface area contributed by atoms with Crippen LogP contribution in [0.1, 0.15) is 77.2 Å². The summed E-state index contributed by atoms with van der Waals surface area (Å²) in [5, 5.41) is 30.5. The molecule has 4 N–H and O–H groups in total. The van der Waals surface area contributed by atoms with Crippen molar-refractivity contribution in [1.29, 1.82) is 0 Å². The van der Waals surface area contributed by atoms with Crippen LogP contribution >= 0.6 is 0 Å². The molecule has 2 fully saturated rings. The van der Waals surface area contributed by atoms with Crippen LogP contribution in [0.3, 0.4) is 0 Å². The Hall–Kier alpha value is -2.57. The lowest BCUT2D eigenvalue weighted by Gasteiger charge is -2.35. The number of fused-ring (bicyclic) bond motifs is 1. The van der Waals surface area contributed by atoms with Crippen molar-refractivity contribution in [3.05, 3.63) is 48.0 Å². The fourth-order valence-corrected chi connectivity index (χ4v) is 8.25. The first-order valence-corrected chi connectivity index (χ1v) is 19.9. The molecule has 48 heavy (non-hydrogen) atoms. The van der Waals surface area contributed by atoms with Crippen LogP contribution in [0.15, 0.2) is 42.5 Å². The average molecular weight is 688 g/mol. The molecular formula is C37H57N3O7S. The molecule has 2 aliphatic rings. The molecule has 10 nitrogen and oxygen atoms in total. The topological polar surface area (TPSA) is 145 Å². The first kappa shape index (κ1) is 38.2. The number of β-amino-alcohol motifs (C(OH)–C–C–N with tert-alkyl or cyclic N) is 1. The molecule has 0 aromatic heterocycles. The van der Waals surface area contributed by atoms with E-state index in [1.165, 1.54) is 6.42 Å². The molecule has 0 bridgehead atoms. The van der Waals surface area contributed by atoms with Crippen molar-refractivity contribution >= 4 is 32.4 Å². The van der Waals surface area contributed by atoms with E-state index < -0.39 is 51.9 Å². The molecule has 11 heteroatoms. The van der Waals surface area contributed by atoms with E-state index in [9.17, 15) is 28.2 Å². The summed E-state index contributed by atoms with van der Waals surface area (Å²) >= 11 is 0. The highest BCUT2D eigenvalue weighted by molar-refractivity contribution is 7.91. The lowest BCUT2D eigenvalue weighted by molar-refractivity contribution is -0.132. The summed E-state index contributed by atoms with van der Waals surface area (Å²) in [7, 11) is -3.51. The average Bonchev–Trinajstić information content (AvgIpc) is 3.10. The Balaban J connectivity index is 1.53. The molecule has 0 spiro atoms. The normalized spacial score (nSPS) is 19.7. The summed E-state index contributed by atoms with van der Waals surface area (Å²) in [6, 6.07) is 12.0. The quantitative estimate of drug-likeness (QED) is 0.186. The fraction of sp³-hybridized carbons (Fsp3) is 0.676. The second-order valence-corrected chi connectivity index (χ2v) is 16.2. The van der Waals surface area contributed by atoms with Crippen LogP contribution in [-0.4, -0.2) is 104 Å². The first-order valence-electron chi connectivity index (χ1n) is 18.0. The second kappa shape index (κ2) is 19.0. The highest BCUT2D eigenvalue weighted by Gasteiger charge is 2.35. The lowest BCUT2D eigenvalue weighted by atomic mass is 9.83. The SMILES string of the molecule is CCCC[C@H](NC(=O)C(Cc1cccc2ccccc12)CS(=O)(=O)CC)C(=O)N[C@@H](CC1CCCCC1)C(O)C(O)CN1CCOCC1. The zero-order valence-corrected chi connectivity index (χ0v) is 29.6. The molecule has 0 radical (unpaired) electrons. The molecule has 268 valence electrons. The predicted octanol–water partition coefficient (Wildman–Crippen LogP) is 3.62. The van der Waals surface area contributed by atoms with Gasteiger partial charge in [-0.3, -0.25) is 14.5 Å². The van der Waals surface area contributed by atoms with Crippen molar-refractivity contribution in [2.45, 2.75) is 102 Å². The summed E-state index contributed by atoms with van der Waals surface area (Å²) in [6.45, 7) is 6.34. The maximum atomic E-state index is 14.0. The van der Waals surface area contributed by atoms with E-state index in [2.05, 4.69) is 15.5 Å². The van der Waals surface area contributed by atoms with Crippen LogP contribution < -0.4 is 10.6 Å². The van der Waals surface area contributed by atoms with Crippen molar-refractivity contribution in [1.82, 2.24) is 15.5 Å². The van der Waals surface area contributed by atoms with E-state index in [1.807, 2.05) is 49.4 Å². The van der Waals surface area contributed by atoms with Gasteiger partial charge in [-0.25, -0.2) is 8.42 Å². The van der Waals surface area contributed by atoms with E-state index >= 15 is 0 Å². The van der Waals surface area contributed by atoms with E-state index in [0.29, 0.717) is 51.5 Å². The number of ether oxygens (including phenoxy) is 1. The molecule has 1 aliphatic carbocycles. The van der Waals surface area contributed by atoms with Gasteiger partial charge in [0.2, 0.25) is 11.8 Å². The standard InChI is InChI=1S/C37H57N3O7S/c1-3-5-18-32(38-36(43)30(26-48(45,46)4-2)24-29-16-11-15-28-14-9-10-17-31(28)29)37(44)39-33(23-27-12-7-6-8-13-27)35(42)34(41)25-40-19-21-47-22-20-40/h9-11,14-17,27,30,32-35,41-42H,3-8,12-13,18-26H2,1-2H3,(H,38,43)(H,39,44)/t30?,32-,33-,34?,35?/m0/s1. The van der Waals surface area contributed by atoms with Crippen LogP contribution in [-0.2, 0) is 30.6 Å². The van der Waals surface area contributed by atoms with Gasteiger partial charge in [0.05, 0.1) is 37.0 Å². The number of nitrogens with zero attached hydrogens (tertiary/aromatic N) is 1. The van der Waals surface area contributed by atoms with Crippen LogP contribution in [0.4, 0.5) is 0 Å². The van der Waals surface area contributed by atoms with E-state index in [-0.39, 0.29) is 24.5 Å². The summed E-state index contributed by atoms with van der Waals surface area (Å²) in [4.78, 5) is 30.0. The Labute approximate surface area is 286 Å². The smallest absolute Gasteiger partial charge is 0.242 e. The van der Waals surface area contributed by atoms with Crippen LogP contribution in [0.5, 0.6) is 0 Å². The molecule has 2 aromatic rings. The zero-order chi connectivity index (χ0) is 34.5. The van der Waals surface area contributed by atoms with E-state index in [4.69, 9.17) is 4.74 Å². The number of rotatable bonds is 18. The molecule has 5 atom stereocenters. The molecule has 1 saturated carbocycles. The van der Waals surface area contributed by atoms with Gasteiger partial charge < -0.3 is 25.6 Å². The minimum absolute atomic E-state index is 0.0837. The maximum absolute atomic E-state index is 14.0. The van der Waals surface area contributed by atoms with Crippen molar-refractivity contribution in [3.63, 3.8) is 0 Å². The number of carbonyl (C=O) groups excluding carboxylic acids is 2. The molecule has 3 unspecified atom stereocenters. The van der Waals surface area contributed by atoms with Gasteiger partial charge in [0, 0.05) is 25.4 Å². The Morgan fingerprint density at radius 3 is 2.38 bits per heavy atom. The molecular weight excluding hydrogens is 630 g/mol. The minimum Gasteiger partial charge on any atom is -0.389 e. The third-order valence-electron chi connectivity index (χ3n) is 10.1. The molecule has 1 aliphatic heterocycles. The van der Waals surface area contributed by atoms with Gasteiger partial charge in [-0.15, -0.1) is 0 Å². The van der Waals surface area contributed by atoms with Gasteiger partial charge in [0.1, 0.15) is 12.1 Å². The third-order valence-corrected chi connectivity index (χ3v) is 11.9. The number of benzene rings is 2. The predicted molar refractivity (Wildman–Crippen MR) is 189 cm³/mol. The molecule has 4 rings (SSSR count). The number of aliphatic hydroxyl groups excluding tert-OH is 2. The summed E-state index contributed by atoms with van der Waals surface area (Å²) < 4.78 is 31.1. The van der Waals surface area contributed by atoms with Crippen molar-refractivity contribution in [2.24, 2.45) is 11.8 Å². The number of unbranched alkanes of at least 4 members (excludes halogenated alkanes) is 1. The van der Waals surface area contributed by atoms with Gasteiger partial charge in [0.25, 0.3) is 0 Å². The van der Waals surface area contributed by atoms with E-state index in [1.54, 1.807) is 6.92 Å². The number of morpholine rings is 1. The number of sulfone groups is 1. The summed E-state index contributed by atoms with van der Waals surface area (Å²) in [6.07, 6.45) is 5.76. The molecule has 2 aromatic carbocycles. The Bertz CT molecular complexity index is 1400. The lowest BCUT2D eigenvalue weighted by Crippen LogP contribution is -2.57. The van der Waals surface area contributed by atoms with Crippen LogP contribution in [0.25, 0.3) is 10.8 Å². The van der Waals surface area contributed by atoms with E-state index in [0.717, 1.165) is 48.4 Å². The Morgan fingerprint density at radius 1 is 0.958 bits per heavy atom. The highest BCUT2D eigenvalue weighted by Crippen LogP contribution is 2.29. The van der Waals surface area contributed by atoms with Crippen molar-refractivity contribution in [2.75, 3.05) is 44.4 Å². The Morgan fingerprint density at radius 2 is 1.67 bits per heavy atom. The van der Waals surface area contributed by atoms with Crippen molar-refractivity contribution in [3.8, 4) is 0 Å². The van der Waals surface area contributed by atoms with Gasteiger partial charge in [0.15, 0.2) is 9.84 Å². The fourth-order valence-electron chi connectivity index (χ4n) is 7.13. The number of carbonyl (C=O) groups is 2. The molecule has 1 heterocycles. The number of aliphatic hydroxyl groups is 2. The first-order chi connectivity index (χ1) is 23.1. The monoisotopic (exact) mass is 687 g/mol. The zero-order valence-electron chi connectivity index (χ0n) is 28.8. The number of hydrogen-bond acceptors (Lipinski definition) is 8. The second-order valence-electron chi connectivity index (χ2n) is 13.8. The molecule has 2 amide bonds. The number of amides is 2. The van der Waals surface area contributed by atoms with Gasteiger partial charge in [-0.2, -0.15) is 0 Å². The Kier molecular flexibility index (Phi) is 15.1. The van der Waals surface area contributed by atoms with Gasteiger partial charge in [-0.1, -0.05) is 101 Å². The molecule has 1 saturated heterocycles. The van der Waals surface area contributed by atoms with Crippen molar-refractivity contribution < 1.29 is 33.0 Å². The third kappa shape index (κ3) is 11.5. The minimum atomic E-state index is -3.51. The number of nitrogens with one attached hydrogen (secondary N) is 2. The summed E-state index contributed by atoms with van der Waals surface area (Å²) in [5.74, 6) is -1.87. The van der Waals surface area contributed by atoms with Crippen LogP contribution in [0.2, 0.25) is 0 Å². The summed E-state index contributed by atoms with van der Waals surface area (Å²) in [5.41, 5.74) is 0.874. The largest absolute Gasteiger partial charge is 0.389 e. The van der Waals surface area contributed by atoms with Crippen LogP contribution in [0, 0.1) is 11.8 Å². The van der Waals surface area contributed by atoms with Gasteiger partial charge in [-0.05, 0) is 41.5 Å². The van der Waals surface area contributed by atoms with Gasteiger partial charge >= 0.3 is 0 Å². The number of hydrogen-bond donors (Lipinski definition) is 4.